The third-order valence-corrected chi connectivity index (χ3v) is 8.65. The number of anilines is 2. The van der Waals surface area contributed by atoms with Gasteiger partial charge in [0.25, 0.3) is 0 Å². The monoisotopic (exact) mass is 749 g/mol. The van der Waals surface area contributed by atoms with E-state index in [4.69, 9.17) is 14.5 Å². The highest BCUT2D eigenvalue weighted by Gasteiger charge is 2.33. The van der Waals surface area contributed by atoms with Crippen LogP contribution < -0.4 is 15.9 Å². The number of benzene rings is 1. The van der Waals surface area contributed by atoms with Crippen LogP contribution in [0.3, 0.4) is 0 Å². The minimum atomic E-state index is -0.941. The lowest BCUT2D eigenvalue weighted by atomic mass is 10.0. The third kappa shape index (κ3) is 8.78. The summed E-state index contributed by atoms with van der Waals surface area (Å²) in [5, 5.41) is 12.4. The summed E-state index contributed by atoms with van der Waals surface area (Å²) in [5.74, 6) is -1.87. The number of aromatic nitrogens is 4. The van der Waals surface area contributed by atoms with Crippen LogP contribution in [0.4, 0.5) is 29.9 Å². The van der Waals surface area contributed by atoms with Crippen LogP contribution in [0.15, 0.2) is 41.3 Å². The largest absolute Gasteiger partial charge is 0.444 e. The molecular weight excluding hydrogens is 700 g/mol. The molecule has 1 atom stereocenters. The number of aliphatic hydroxyl groups excluding tert-OH is 1. The number of hydrogen-bond acceptors (Lipinski definition) is 10. The SMILES string of the molecule is CC(C)c1nccc(CCCO)c1-n1c(=O)nc(N2CCN(C(=O)OC(C)(C)C)CC2C)c2cc(F)c(-c3c(F)cccc3NC(=O)OC(C)(C)C)nc21. The molecule has 290 valence electrons. The Morgan fingerprint density at radius 2 is 1.72 bits per heavy atom. The fraction of sp³-hybridized carbons (Fsp3) is 0.487. The fourth-order valence-electron chi connectivity index (χ4n) is 6.41. The van der Waals surface area contributed by atoms with E-state index in [1.807, 2.05) is 25.7 Å². The zero-order valence-electron chi connectivity index (χ0n) is 32.3. The van der Waals surface area contributed by atoms with Crippen LogP contribution in [0.1, 0.15) is 85.9 Å². The molecule has 4 heterocycles. The third-order valence-electron chi connectivity index (χ3n) is 8.65. The molecular formula is C39H49F2N7O6. The maximum atomic E-state index is 16.6. The molecule has 1 aliphatic rings. The van der Waals surface area contributed by atoms with Crippen molar-refractivity contribution >= 4 is 34.7 Å². The van der Waals surface area contributed by atoms with Gasteiger partial charge in [0.1, 0.15) is 28.5 Å². The number of hydrogen-bond donors (Lipinski definition) is 2. The number of ether oxygens (including phenoxy) is 2. The van der Waals surface area contributed by atoms with Crippen molar-refractivity contribution in [2.45, 2.75) is 98.3 Å². The maximum absolute atomic E-state index is 16.6. The van der Waals surface area contributed by atoms with Gasteiger partial charge in [-0.2, -0.15) is 4.98 Å². The standard InChI is InChI=1S/C39H49F2N7O6/c1-22(2)30-32(24(12-11-19-49)15-16-42-30)48-34-25(33(45-35(48)50)47-18-17-46(21-23(47)3)37(52)54-39(7,8)9)20-27(41)31(44-34)29-26(40)13-10-14-28(29)43-36(51)53-38(4,5)6/h10,13-16,20,22-23,49H,11-12,17-19,21H2,1-9H3,(H,43,51). The first kappa shape index (κ1) is 40.0. The average molecular weight is 750 g/mol. The minimum Gasteiger partial charge on any atom is -0.444 e. The van der Waals surface area contributed by atoms with Gasteiger partial charge in [-0.05, 0) is 97.1 Å². The average Bonchev–Trinajstić information content (AvgIpc) is 3.05. The molecule has 1 aliphatic heterocycles. The molecule has 0 bridgehead atoms. The summed E-state index contributed by atoms with van der Waals surface area (Å²) < 4.78 is 44.7. The van der Waals surface area contributed by atoms with Gasteiger partial charge in [-0.15, -0.1) is 0 Å². The second kappa shape index (κ2) is 15.7. The first-order valence-electron chi connectivity index (χ1n) is 18.1. The molecule has 1 unspecified atom stereocenters. The number of amides is 2. The maximum Gasteiger partial charge on any atom is 0.412 e. The number of fused-ring (bicyclic) bond motifs is 1. The van der Waals surface area contributed by atoms with Crippen molar-refractivity contribution < 1.29 is 33.0 Å². The fourth-order valence-corrected chi connectivity index (χ4v) is 6.41. The molecule has 0 saturated carbocycles. The Morgan fingerprint density at radius 3 is 2.35 bits per heavy atom. The molecule has 0 spiro atoms. The molecule has 2 N–H and O–H groups in total. The number of carbonyl (C=O) groups is 2. The van der Waals surface area contributed by atoms with Gasteiger partial charge >= 0.3 is 17.9 Å². The van der Waals surface area contributed by atoms with Crippen LogP contribution in [0.2, 0.25) is 0 Å². The van der Waals surface area contributed by atoms with E-state index in [1.54, 1.807) is 58.7 Å². The zero-order chi connectivity index (χ0) is 39.7. The zero-order valence-corrected chi connectivity index (χ0v) is 32.3. The van der Waals surface area contributed by atoms with Crippen molar-refractivity contribution in [2.75, 3.05) is 36.5 Å². The van der Waals surface area contributed by atoms with Gasteiger partial charge in [-0.3, -0.25) is 10.3 Å². The number of piperazine rings is 1. The number of pyridine rings is 2. The molecule has 5 rings (SSSR count). The van der Waals surface area contributed by atoms with Crippen molar-refractivity contribution in [3.8, 4) is 16.9 Å². The summed E-state index contributed by atoms with van der Waals surface area (Å²) in [6.07, 6.45) is 1.02. The van der Waals surface area contributed by atoms with Crippen molar-refractivity contribution in [3.63, 3.8) is 0 Å². The second-order valence-electron chi connectivity index (χ2n) is 15.7. The minimum absolute atomic E-state index is 0.0326. The topological polar surface area (TPSA) is 152 Å². The Hall–Kier alpha value is -5.18. The van der Waals surface area contributed by atoms with E-state index in [2.05, 4.69) is 15.3 Å². The van der Waals surface area contributed by atoms with Crippen LogP contribution >= 0.6 is 0 Å². The number of aryl methyl sites for hydroxylation is 1. The lowest BCUT2D eigenvalue weighted by molar-refractivity contribution is 0.0218. The molecule has 1 fully saturated rings. The summed E-state index contributed by atoms with van der Waals surface area (Å²) in [5.41, 5.74) is -1.68. The molecule has 15 heteroatoms. The Labute approximate surface area is 313 Å². The quantitative estimate of drug-likeness (QED) is 0.193. The number of carbonyl (C=O) groups excluding carboxylic acids is 2. The van der Waals surface area contributed by atoms with Crippen molar-refractivity contribution in [1.29, 1.82) is 0 Å². The predicted octanol–water partition coefficient (Wildman–Crippen LogP) is 6.96. The highest BCUT2D eigenvalue weighted by atomic mass is 19.1. The number of halogens is 2. The second-order valence-corrected chi connectivity index (χ2v) is 15.7. The van der Waals surface area contributed by atoms with E-state index in [1.165, 1.54) is 16.7 Å². The van der Waals surface area contributed by atoms with Crippen LogP contribution in [-0.4, -0.2) is 85.2 Å². The summed E-state index contributed by atoms with van der Waals surface area (Å²) >= 11 is 0. The van der Waals surface area contributed by atoms with E-state index in [0.717, 1.165) is 12.1 Å². The van der Waals surface area contributed by atoms with Crippen molar-refractivity contribution in [3.05, 3.63) is 69.9 Å². The highest BCUT2D eigenvalue weighted by Crippen LogP contribution is 2.37. The number of aliphatic hydroxyl groups is 1. The van der Waals surface area contributed by atoms with Crippen LogP contribution in [-0.2, 0) is 15.9 Å². The summed E-state index contributed by atoms with van der Waals surface area (Å²) in [7, 11) is 0. The summed E-state index contributed by atoms with van der Waals surface area (Å²) in [6, 6.07) is 6.38. The molecule has 54 heavy (non-hydrogen) atoms. The number of nitrogens with one attached hydrogen (secondary N) is 1. The van der Waals surface area contributed by atoms with Crippen LogP contribution in [0.5, 0.6) is 0 Å². The van der Waals surface area contributed by atoms with E-state index < -0.39 is 46.4 Å². The van der Waals surface area contributed by atoms with Crippen LogP contribution in [0, 0.1) is 11.6 Å². The van der Waals surface area contributed by atoms with Crippen molar-refractivity contribution in [2.24, 2.45) is 0 Å². The van der Waals surface area contributed by atoms with E-state index in [9.17, 15) is 19.5 Å². The lowest BCUT2D eigenvalue weighted by Gasteiger charge is -2.41. The summed E-state index contributed by atoms with van der Waals surface area (Å²) in [4.78, 5) is 57.4. The summed E-state index contributed by atoms with van der Waals surface area (Å²) in [6.45, 7) is 16.6. The Balaban J connectivity index is 1.77. The molecule has 1 saturated heterocycles. The molecule has 13 nitrogen and oxygen atoms in total. The Bertz CT molecular complexity index is 2110. The van der Waals surface area contributed by atoms with Gasteiger partial charge in [0.05, 0.1) is 28.0 Å². The van der Waals surface area contributed by atoms with Gasteiger partial charge in [-0.1, -0.05) is 19.9 Å². The normalized spacial score (nSPS) is 15.2. The Morgan fingerprint density at radius 1 is 1.02 bits per heavy atom. The molecule has 1 aromatic carbocycles. The highest BCUT2D eigenvalue weighted by molar-refractivity contribution is 5.94. The Kier molecular flexibility index (Phi) is 11.6. The molecule has 3 aromatic heterocycles. The number of rotatable bonds is 8. The smallest absolute Gasteiger partial charge is 0.412 e. The van der Waals surface area contributed by atoms with Gasteiger partial charge in [0.15, 0.2) is 11.5 Å². The molecule has 2 amide bonds. The molecule has 4 aromatic rings. The van der Waals surface area contributed by atoms with Gasteiger partial charge in [0.2, 0.25) is 0 Å². The molecule has 0 radical (unpaired) electrons. The van der Waals surface area contributed by atoms with Crippen molar-refractivity contribution in [1.82, 2.24) is 24.4 Å². The van der Waals surface area contributed by atoms with Gasteiger partial charge in [0, 0.05) is 38.5 Å². The van der Waals surface area contributed by atoms with E-state index in [0.29, 0.717) is 29.8 Å². The van der Waals surface area contributed by atoms with E-state index in [-0.39, 0.29) is 66.3 Å². The van der Waals surface area contributed by atoms with E-state index >= 15 is 8.78 Å². The first-order chi connectivity index (χ1) is 25.3. The van der Waals surface area contributed by atoms with Gasteiger partial charge < -0.3 is 24.4 Å². The lowest BCUT2D eigenvalue weighted by Crippen LogP contribution is -2.55. The number of nitrogens with zero attached hydrogens (tertiary/aromatic N) is 6. The molecule has 0 aliphatic carbocycles. The first-order valence-corrected chi connectivity index (χ1v) is 18.1. The van der Waals surface area contributed by atoms with Crippen LogP contribution in [0.25, 0.3) is 28.0 Å². The van der Waals surface area contributed by atoms with Gasteiger partial charge in [-0.25, -0.2) is 32.7 Å². The predicted molar refractivity (Wildman–Crippen MR) is 202 cm³/mol.